The predicted molar refractivity (Wildman–Crippen MR) is 70.1 cm³/mol. The van der Waals surface area contributed by atoms with Gasteiger partial charge < -0.3 is 10.5 Å². The molecule has 0 aromatic heterocycles. The minimum absolute atomic E-state index is 0.0611. The van der Waals surface area contributed by atoms with Gasteiger partial charge in [0.05, 0.1) is 5.02 Å². The molecule has 0 aliphatic carbocycles. The summed E-state index contributed by atoms with van der Waals surface area (Å²) in [5.41, 5.74) is 7.51. The molecular weight excluding hydrogens is 253 g/mol. The molecule has 2 aromatic carbocycles. The van der Waals surface area contributed by atoms with Gasteiger partial charge in [-0.05, 0) is 23.3 Å². The lowest BCUT2D eigenvalue weighted by Gasteiger charge is -2.08. The summed E-state index contributed by atoms with van der Waals surface area (Å²) in [6, 6.07) is 12.4. The quantitative estimate of drug-likeness (QED) is 0.918. The third-order valence-electron chi connectivity index (χ3n) is 2.57. The first kappa shape index (κ1) is 12.9. The predicted octanol–water partition coefficient (Wildman–Crippen LogP) is 3.52. The van der Waals surface area contributed by atoms with Crippen molar-refractivity contribution >= 4 is 11.6 Å². The number of rotatable bonds is 4. The molecule has 0 saturated heterocycles. The molecule has 0 aliphatic heterocycles. The molecule has 0 spiro atoms. The lowest BCUT2D eigenvalue weighted by molar-refractivity contribution is 0.290. The van der Waals surface area contributed by atoms with Gasteiger partial charge in [-0.2, -0.15) is 0 Å². The fourth-order valence-corrected chi connectivity index (χ4v) is 1.69. The molecule has 0 heterocycles. The topological polar surface area (TPSA) is 35.2 Å². The maximum atomic E-state index is 13.5. The van der Waals surface area contributed by atoms with Gasteiger partial charge in [-0.15, -0.1) is 0 Å². The highest BCUT2D eigenvalue weighted by molar-refractivity contribution is 6.30. The van der Waals surface area contributed by atoms with Crippen LogP contribution in [-0.4, -0.2) is 0 Å². The summed E-state index contributed by atoms with van der Waals surface area (Å²) in [5.74, 6) is -0.372. The fourth-order valence-electron chi connectivity index (χ4n) is 1.53. The zero-order chi connectivity index (χ0) is 13.0. The molecule has 2 aromatic rings. The van der Waals surface area contributed by atoms with E-state index in [2.05, 4.69) is 0 Å². The molecule has 0 atom stereocenters. The lowest BCUT2D eigenvalue weighted by atomic mass is 10.1. The van der Waals surface area contributed by atoms with Crippen LogP contribution in [0.4, 0.5) is 4.39 Å². The fraction of sp³-hybridized carbons (Fsp3) is 0.143. The van der Waals surface area contributed by atoms with Crippen LogP contribution >= 0.6 is 11.6 Å². The van der Waals surface area contributed by atoms with E-state index in [-0.39, 0.29) is 10.8 Å². The Kier molecular flexibility index (Phi) is 4.18. The van der Waals surface area contributed by atoms with Gasteiger partial charge in [0.25, 0.3) is 0 Å². The Morgan fingerprint density at radius 1 is 1.06 bits per heavy atom. The van der Waals surface area contributed by atoms with Gasteiger partial charge in [-0.1, -0.05) is 41.9 Å². The van der Waals surface area contributed by atoms with E-state index in [9.17, 15) is 4.39 Å². The van der Waals surface area contributed by atoms with Gasteiger partial charge in [0.1, 0.15) is 6.61 Å². The molecule has 18 heavy (non-hydrogen) atoms. The molecule has 94 valence electrons. The monoisotopic (exact) mass is 265 g/mol. The number of halogens is 2. The summed E-state index contributed by atoms with van der Waals surface area (Å²) >= 11 is 5.67. The second-order valence-corrected chi connectivity index (χ2v) is 4.27. The number of hydrogen-bond acceptors (Lipinski definition) is 2. The molecule has 0 unspecified atom stereocenters. The second-order valence-electron chi connectivity index (χ2n) is 3.86. The Morgan fingerprint density at radius 2 is 1.72 bits per heavy atom. The van der Waals surface area contributed by atoms with Crippen molar-refractivity contribution in [3.05, 3.63) is 64.4 Å². The van der Waals surface area contributed by atoms with E-state index in [1.54, 1.807) is 12.1 Å². The van der Waals surface area contributed by atoms with Gasteiger partial charge in [-0.3, -0.25) is 0 Å². The van der Waals surface area contributed by atoms with Crippen molar-refractivity contribution < 1.29 is 9.13 Å². The minimum atomic E-state index is -0.530. The summed E-state index contributed by atoms with van der Waals surface area (Å²) in [6.07, 6.45) is 0. The van der Waals surface area contributed by atoms with Crippen LogP contribution in [-0.2, 0) is 13.2 Å². The van der Waals surface area contributed by atoms with Crippen molar-refractivity contribution in [1.82, 2.24) is 0 Å². The first-order chi connectivity index (χ1) is 8.70. The molecule has 0 bridgehead atoms. The van der Waals surface area contributed by atoms with Gasteiger partial charge in [-0.25, -0.2) is 4.39 Å². The third-order valence-corrected chi connectivity index (χ3v) is 2.86. The summed E-state index contributed by atoms with van der Waals surface area (Å²) < 4.78 is 18.9. The molecule has 0 radical (unpaired) electrons. The lowest BCUT2D eigenvalue weighted by Crippen LogP contribution is -1.99. The van der Waals surface area contributed by atoms with Crippen molar-refractivity contribution in [2.24, 2.45) is 5.73 Å². The van der Waals surface area contributed by atoms with Crippen LogP contribution in [0.15, 0.2) is 42.5 Å². The normalized spacial score (nSPS) is 10.4. The summed E-state index contributed by atoms with van der Waals surface area (Å²) in [7, 11) is 0. The van der Waals surface area contributed by atoms with E-state index in [0.717, 1.165) is 11.1 Å². The molecule has 0 saturated carbocycles. The second kappa shape index (κ2) is 5.85. The van der Waals surface area contributed by atoms with E-state index in [1.165, 1.54) is 6.07 Å². The Morgan fingerprint density at radius 3 is 2.39 bits per heavy atom. The largest absolute Gasteiger partial charge is 0.486 e. The zero-order valence-electron chi connectivity index (χ0n) is 9.70. The molecule has 0 amide bonds. The number of hydrogen-bond donors (Lipinski definition) is 1. The van der Waals surface area contributed by atoms with Gasteiger partial charge in [0.15, 0.2) is 11.6 Å². The standard InChI is InChI=1S/C14H13ClFNO/c15-12-2-1-3-13(14(12)16)18-9-11-6-4-10(8-17)5-7-11/h1-7H,8-9,17H2. The van der Waals surface area contributed by atoms with E-state index in [4.69, 9.17) is 22.1 Å². The average molecular weight is 266 g/mol. The summed E-state index contributed by atoms with van der Waals surface area (Å²) in [5, 5.41) is 0.0611. The van der Waals surface area contributed by atoms with Crippen molar-refractivity contribution in [2.45, 2.75) is 13.2 Å². The number of ether oxygens (including phenoxy) is 1. The SMILES string of the molecule is NCc1ccc(COc2cccc(Cl)c2F)cc1. The van der Waals surface area contributed by atoms with Crippen molar-refractivity contribution in [3.63, 3.8) is 0 Å². The highest BCUT2D eigenvalue weighted by Crippen LogP contribution is 2.24. The Balaban J connectivity index is 2.04. The molecular formula is C14H13ClFNO. The van der Waals surface area contributed by atoms with Crippen molar-refractivity contribution in [3.8, 4) is 5.75 Å². The third kappa shape index (κ3) is 3.00. The molecule has 4 heteroatoms. The molecule has 2 nitrogen and oxygen atoms in total. The molecule has 0 aliphatic rings. The molecule has 2 rings (SSSR count). The summed E-state index contributed by atoms with van der Waals surface area (Å²) in [6.45, 7) is 0.798. The molecule has 2 N–H and O–H groups in total. The zero-order valence-corrected chi connectivity index (χ0v) is 10.5. The average Bonchev–Trinajstić information content (AvgIpc) is 2.41. The number of nitrogens with two attached hydrogens (primary N) is 1. The summed E-state index contributed by atoms with van der Waals surface area (Å²) in [4.78, 5) is 0. The maximum absolute atomic E-state index is 13.5. The van der Waals surface area contributed by atoms with Crippen LogP contribution in [0.5, 0.6) is 5.75 Å². The minimum Gasteiger partial charge on any atom is -0.486 e. The maximum Gasteiger partial charge on any atom is 0.183 e. The van der Waals surface area contributed by atoms with E-state index >= 15 is 0 Å². The van der Waals surface area contributed by atoms with Crippen LogP contribution in [0.1, 0.15) is 11.1 Å². The van der Waals surface area contributed by atoms with Crippen LogP contribution in [0, 0.1) is 5.82 Å². The van der Waals surface area contributed by atoms with Crippen LogP contribution < -0.4 is 10.5 Å². The Hall–Kier alpha value is -1.58. The highest BCUT2D eigenvalue weighted by Gasteiger charge is 2.07. The van der Waals surface area contributed by atoms with Crippen LogP contribution in [0.2, 0.25) is 5.02 Å². The molecule has 0 fully saturated rings. The first-order valence-corrected chi connectivity index (χ1v) is 5.93. The van der Waals surface area contributed by atoms with Crippen molar-refractivity contribution in [1.29, 1.82) is 0 Å². The van der Waals surface area contributed by atoms with Crippen LogP contribution in [0.25, 0.3) is 0 Å². The van der Waals surface area contributed by atoms with Crippen LogP contribution in [0.3, 0.4) is 0 Å². The Bertz CT molecular complexity index is 528. The number of benzene rings is 2. The van der Waals surface area contributed by atoms with Crippen molar-refractivity contribution in [2.75, 3.05) is 0 Å². The smallest absolute Gasteiger partial charge is 0.183 e. The van der Waals surface area contributed by atoms with Gasteiger partial charge >= 0.3 is 0 Å². The van der Waals surface area contributed by atoms with E-state index in [0.29, 0.717) is 13.2 Å². The first-order valence-electron chi connectivity index (χ1n) is 5.55. The van der Waals surface area contributed by atoms with Gasteiger partial charge in [0.2, 0.25) is 0 Å². The van der Waals surface area contributed by atoms with E-state index in [1.807, 2.05) is 24.3 Å². The highest BCUT2D eigenvalue weighted by atomic mass is 35.5. The van der Waals surface area contributed by atoms with Gasteiger partial charge in [0, 0.05) is 6.54 Å². The van der Waals surface area contributed by atoms with E-state index < -0.39 is 5.82 Å². The Labute approximate surface area is 110 Å².